The van der Waals surface area contributed by atoms with Crippen LogP contribution in [0.5, 0.6) is 0 Å². The predicted octanol–water partition coefficient (Wildman–Crippen LogP) is 1.23. The lowest BCUT2D eigenvalue weighted by Gasteiger charge is -2.34. The highest BCUT2D eigenvalue weighted by atomic mass is 16.5. The van der Waals surface area contributed by atoms with Gasteiger partial charge in [-0.3, -0.25) is 4.79 Å². The highest BCUT2D eigenvalue weighted by molar-refractivity contribution is 5.74. The highest BCUT2D eigenvalue weighted by Crippen LogP contribution is 2.29. The second kappa shape index (κ2) is 3.92. The Balaban J connectivity index is 2.53. The van der Waals surface area contributed by atoms with E-state index in [4.69, 9.17) is 10.5 Å². The largest absolute Gasteiger partial charge is 0.374 e. The van der Waals surface area contributed by atoms with Crippen LogP contribution < -0.4 is 5.73 Å². The van der Waals surface area contributed by atoms with Crippen molar-refractivity contribution in [1.29, 1.82) is 0 Å². The molecule has 0 bridgehead atoms. The molecule has 74 valence electrons. The van der Waals surface area contributed by atoms with Gasteiger partial charge in [-0.1, -0.05) is 19.1 Å². The van der Waals surface area contributed by atoms with Gasteiger partial charge in [0.15, 0.2) is 0 Å². The van der Waals surface area contributed by atoms with Crippen LogP contribution in [0.2, 0.25) is 0 Å². The molecule has 0 aromatic carbocycles. The number of ether oxygens (including phenoxy) is 1. The molecule has 0 aromatic heterocycles. The lowest BCUT2D eigenvalue weighted by atomic mass is 9.89. The molecule has 0 aromatic rings. The minimum atomic E-state index is -0.306. The molecule has 0 spiro atoms. The van der Waals surface area contributed by atoms with Gasteiger partial charge < -0.3 is 10.5 Å². The third-order valence-corrected chi connectivity index (χ3v) is 2.67. The van der Waals surface area contributed by atoms with E-state index in [2.05, 4.69) is 13.5 Å². The van der Waals surface area contributed by atoms with E-state index >= 15 is 0 Å². The maximum absolute atomic E-state index is 10.7. The van der Waals surface area contributed by atoms with Gasteiger partial charge in [0.2, 0.25) is 5.91 Å². The first kappa shape index (κ1) is 10.3. The summed E-state index contributed by atoms with van der Waals surface area (Å²) in [6.45, 7) is 8.06. The molecule has 0 radical (unpaired) electrons. The maximum Gasteiger partial charge on any atom is 0.220 e. The molecule has 1 saturated heterocycles. The van der Waals surface area contributed by atoms with E-state index in [1.165, 1.54) is 0 Å². The Bertz CT molecular complexity index is 225. The van der Waals surface area contributed by atoms with Crippen LogP contribution in [0.15, 0.2) is 12.2 Å². The molecule has 0 aliphatic carbocycles. The average molecular weight is 183 g/mol. The van der Waals surface area contributed by atoms with Gasteiger partial charge in [-0.25, -0.2) is 0 Å². The van der Waals surface area contributed by atoms with Crippen LogP contribution in [0, 0.1) is 5.92 Å². The third kappa shape index (κ3) is 2.56. The Hall–Kier alpha value is -0.830. The van der Waals surface area contributed by atoms with Crippen LogP contribution in [0.25, 0.3) is 0 Å². The lowest BCUT2D eigenvalue weighted by molar-refractivity contribution is -0.123. The van der Waals surface area contributed by atoms with Gasteiger partial charge in [0, 0.05) is 5.92 Å². The van der Waals surface area contributed by atoms with E-state index in [1.807, 2.05) is 6.92 Å². The topological polar surface area (TPSA) is 52.3 Å². The fourth-order valence-corrected chi connectivity index (χ4v) is 1.62. The van der Waals surface area contributed by atoms with Gasteiger partial charge in [-0.2, -0.15) is 0 Å². The molecule has 1 aliphatic rings. The van der Waals surface area contributed by atoms with Crippen molar-refractivity contribution < 1.29 is 9.53 Å². The van der Waals surface area contributed by atoms with Gasteiger partial charge in [0.1, 0.15) is 0 Å². The van der Waals surface area contributed by atoms with E-state index in [9.17, 15) is 4.79 Å². The summed E-state index contributed by atoms with van der Waals surface area (Å²) in [6.07, 6.45) is 1.15. The molecule has 1 amide bonds. The molecule has 1 aliphatic heterocycles. The SMILES string of the molecule is C=C1CC(CC(N)=O)OC(C)C1C. The van der Waals surface area contributed by atoms with Crippen LogP contribution in [-0.2, 0) is 9.53 Å². The summed E-state index contributed by atoms with van der Waals surface area (Å²) in [6, 6.07) is 0. The van der Waals surface area contributed by atoms with Gasteiger partial charge >= 0.3 is 0 Å². The molecule has 13 heavy (non-hydrogen) atoms. The first-order valence-corrected chi connectivity index (χ1v) is 4.62. The summed E-state index contributed by atoms with van der Waals surface area (Å²) >= 11 is 0. The summed E-state index contributed by atoms with van der Waals surface area (Å²) in [5.41, 5.74) is 6.26. The van der Waals surface area contributed by atoms with Gasteiger partial charge in [0.05, 0.1) is 18.6 Å². The number of hydrogen-bond acceptors (Lipinski definition) is 2. The molecule has 3 atom stereocenters. The number of carbonyl (C=O) groups excluding carboxylic acids is 1. The molecule has 2 N–H and O–H groups in total. The molecule has 3 heteroatoms. The smallest absolute Gasteiger partial charge is 0.220 e. The fraction of sp³-hybridized carbons (Fsp3) is 0.700. The minimum absolute atomic E-state index is 0.0591. The van der Waals surface area contributed by atoms with Crippen LogP contribution in [0.3, 0.4) is 0 Å². The number of primary amides is 1. The van der Waals surface area contributed by atoms with Crippen molar-refractivity contribution in [2.24, 2.45) is 11.7 Å². The van der Waals surface area contributed by atoms with Crippen molar-refractivity contribution in [3.63, 3.8) is 0 Å². The molecule has 3 nitrogen and oxygen atoms in total. The zero-order valence-electron chi connectivity index (χ0n) is 8.25. The van der Waals surface area contributed by atoms with Crippen molar-refractivity contribution in [3.05, 3.63) is 12.2 Å². The van der Waals surface area contributed by atoms with E-state index in [0.29, 0.717) is 12.3 Å². The molecule has 1 fully saturated rings. The molecular weight excluding hydrogens is 166 g/mol. The Morgan fingerprint density at radius 3 is 2.77 bits per heavy atom. The molecule has 1 heterocycles. The maximum atomic E-state index is 10.7. The molecular formula is C10H17NO2. The lowest BCUT2D eigenvalue weighted by Crippen LogP contribution is -2.35. The molecule has 0 saturated carbocycles. The first-order valence-electron chi connectivity index (χ1n) is 4.62. The normalized spacial score (nSPS) is 34.6. The number of carbonyl (C=O) groups is 1. The van der Waals surface area contributed by atoms with Gasteiger partial charge in [0.25, 0.3) is 0 Å². The van der Waals surface area contributed by atoms with Crippen molar-refractivity contribution in [2.75, 3.05) is 0 Å². The van der Waals surface area contributed by atoms with Crippen LogP contribution in [0.4, 0.5) is 0 Å². The number of hydrogen-bond donors (Lipinski definition) is 1. The zero-order chi connectivity index (χ0) is 10.0. The second-order valence-corrected chi connectivity index (χ2v) is 3.78. The summed E-state index contributed by atoms with van der Waals surface area (Å²) in [5, 5.41) is 0. The number of nitrogens with two attached hydrogens (primary N) is 1. The Morgan fingerprint density at radius 2 is 2.31 bits per heavy atom. The first-order chi connectivity index (χ1) is 6.00. The molecule has 1 rings (SSSR count). The van der Waals surface area contributed by atoms with E-state index in [1.54, 1.807) is 0 Å². The number of rotatable bonds is 2. The Kier molecular flexibility index (Phi) is 3.09. The summed E-state index contributed by atoms with van der Waals surface area (Å²) < 4.78 is 5.62. The van der Waals surface area contributed by atoms with Crippen molar-refractivity contribution in [1.82, 2.24) is 0 Å². The summed E-state index contributed by atoms with van der Waals surface area (Å²) in [5.74, 6) is 0.0729. The van der Waals surface area contributed by atoms with Gasteiger partial charge in [-0.05, 0) is 13.3 Å². The van der Waals surface area contributed by atoms with Crippen LogP contribution in [0.1, 0.15) is 26.7 Å². The Labute approximate surface area is 78.9 Å². The predicted molar refractivity (Wildman–Crippen MR) is 51.1 cm³/mol. The molecule has 3 unspecified atom stereocenters. The number of amides is 1. The van der Waals surface area contributed by atoms with Gasteiger partial charge in [-0.15, -0.1) is 0 Å². The van der Waals surface area contributed by atoms with Crippen LogP contribution >= 0.6 is 0 Å². The Morgan fingerprint density at radius 1 is 1.69 bits per heavy atom. The van der Waals surface area contributed by atoms with E-state index in [-0.39, 0.29) is 18.1 Å². The van der Waals surface area contributed by atoms with Crippen LogP contribution in [-0.4, -0.2) is 18.1 Å². The average Bonchev–Trinajstić information content (AvgIpc) is 1.98. The van der Waals surface area contributed by atoms with E-state index < -0.39 is 0 Å². The quantitative estimate of drug-likeness (QED) is 0.655. The summed E-state index contributed by atoms with van der Waals surface area (Å²) in [7, 11) is 0. The van der Waals surface area contributed by atoms with E-state index in [0.717, 1.165) is 12.0 Å². The van der Waals surface area contributed by atoms with Crippen molar-refractivity contribution in [3.8, 4) is 0 Å². The van der Waals surface area contributed by atoms with Crippen molar-refractivity contribution >= 4 is 5.91 Å². The monoisotopic (exact) mass is 183 g/mol. The second-order valence-electron chi connectivity index (χ2n) is 3.78. The standard InChI is InChI=1S/C10H17NO2/c1-6-4-9(5-10(11)12)13-8(3)7(6)2/h7-9H,1,4-5H2,2-3H3,(H2,11,12). The zero-order valence-corrected chi connectivity index (χ0v) is 8.25. The summed E-state index contributed by atoms with van der Waals surface area (Å²) in [4.78, 5) is 10.7. The van der Waals surface area contributed by atoms with Crippen molar-refractivity contribution in [2.45, 2.75) is 38.9 Å². The third-order valence-electron chi connectivity index (χ3n) is 2.67. The fourth-order valence-electron chi connectivity index (χ4n) is 1.62. The highest BCUT2D eigenvalue weighted by Gasteiger charge is 2.28. The minimum Gasteiger partial charge on any atom is -0.374 e.